The molecule has 106 valence electrons. The third-order valence-electron chi connectivity index (χ3n) is 3.22. The number of ether oxygens (including phenoxy) is 1. The van der Waals surface area contributed by atoms with Gasteiger partial charge >= 0.3 is 0 Å². The van der Waals surface area contributed by atoms with E-state index in [9.17, 15) is 0 Å². The van der Waals surface area contributed by atoms with E-state index in [4.69, 9.17) is 16.3 Å². The molecule has 1 aromatic rings. The zero-order valence-electron chi connectivity index (χ0n) is 11.4. The van der Waals surface area contributed by atoms with Gasteiger partial charge in [0.2, 0.25) is 17.2 Å². The Morgan fingerprint density at radius 2 is 2.11 bits per heavy atom. The molecule has 0 bridgehead atoms. The minimum atomic E-state index is 0.224. The zero-order chi connectivity index (χ0) is 13.7. The molecule has 0 aromatic carbocycles. The summed E-state index contributed by atoms with van der Waals surface area (Å²) >= 11 is 5.95. The lowest BCUT2D eigenvalue weighted by Gasteiger charge is -2.19. The van der Waals surface area contributed by atoms with Crippen molar-refractivity contribution in [2.24, 2.45) is 5.92 Å². The van der Waals surface area contributed by atoms with Crippen molar-refractivity contribution in [3.05, 3.63) is 5.28 Å². The summed E-state index contributed by atoms with van der Waals surface area (Å²) < 4.78 is 5.34. The smallest absolute Gasteiger partial charge is 0.231 e. The Labute approximate surface area is 118 Å². The van der Waals surface area contributed by atoms with Gasteiger partial charge in [0.1, 0.15) is 0 Å². The first-order chi connectivity index (χ1) is 9.22. The molecule has 0 radical (unpaired) electrons. The molecule has 1 aromatic heterocycles. The molecule has 2 rings (SSSR count). The summed E-state index contributed by atoms with van der Waals surface area (Å²) in [6.07, 6.45) is 1.08. The lowest BCUT2D eigenvalue weighted by molar-refractivity contribution is 0.187. The third kappa shape index (κ3) is 3.91. The van der Waals surface area contributed by atoms with Crippen LogP contribution in [0.4, 0.5) is 11.9 Å². The number of nitrogens with one attached hydrogen (secondary N) is 1. The van der Waals surface area contributed by atoms with Crippen LogP contribution in [0.5, 0.6) is 0 Å². The molecule has 1 aliphatic heterocycles. The van der Waals surface area contributed by atoms with Crippen LogP contribution in [0.1, 0.15) is 20.3 Å². The maximum atomic E-state index is 5.95. The van der Waals surface area contributed by atoms with Crippen molar-refractivity contribution >= 4 is 23.5 Å². The summed E-state index contributed by atoms with van der Waals surface area (Å²) in [6.45, 7) is 8.25. The van der Waals surface area contributed by atoms with Crippen LogP contribution >= 0.6 is 11.6 Å². The number of halogens is 1. The highest BCUT2D eigenvalue weighted by atomic mass is 35.5. The van der Waals surface area contributed by atoms with Crippen molar-refractivity contribution < 1.29 is 4.74 Å². The van der Waals surface area contributed by atoms with Crippen molar-refractivity contribution in [2.75, 3.05) is 43.1 Å². The van der Waals surface area contributed by atoms with Crippen molar-refractivity contribution in [1.82, 2.24) is 15.0 Å². The first-order valence-corrected chi connectivity index (χ1v) is 7.08. The summed E-state index contributed by atoms with van der Waals surface area (Å²) in [5.41, 5.74) is 0. The molecule has 1 unspecified atom stereocenters. The maximum Gasteiger partial charge on any atom is 0.231 e. The van der Waals surface area contributed by atoms with Crippen LogP contribution in [0, 0.1) is 5.92 Å². The summed E-state index contributed by atoms with van der Waals surface area (Å²) in [5, 5.41) is 3.44. The van der Waals surface area contributed by atoms with E-state index < -0.39 is 0 Å². The van der Waals surface area contributed by atoms with E-state index in [1.807, 2.05) is 4.90 Å². The first kappa shape index (κ1) is 14.3. The number of aromatic nitrogens is 3. The molecule has 19 heavy (non-hydrogen) atoms. The zero-order valence-corrected chi connectivity index (χ0v) is 12.2. The number of rotatable bonds is 6. The summed E-state index contributed by atoms with van der Waals surface area (Å²) in [6, 6.07) is 0. The minimum absolute atomic E-state index is 0.224. The molecule has 2 heterocycles. The molecule has 1 fully saturated rings. The van der Waals surface area contributed by atoms with E-state index >= 15 is 0 Å². The van der Waals surface area contributed by atoms with E-state index in [-0.39, 0.29) is 5.28 Å². The van der Waals surface area contributed by atoms with Gasteiger partial charge in [0.25, 0.3) is 0 Å². The van der Waals surface area contributed by atoms with Gasteiger partial charge in [0.15, 0.2) is 0 Å². The van der Waals surface area contributed by atoms with Crippen molar-refractivity contribution in [3.8, 4) is 0 Å². The average Bonchev–Trinajstić information content (AvgIpc) is 2.90. The van der Waals surface area contributed by atoms with Gasteiger partial charge in [0.05, 0.1) is 6.61 Å². The molecule has 6 nitrogen and oxygen atoms in total. The predicted octanol–water partition coefficient (Wildman–Crippen LogP) is 1.82. The average molecular weight is 286 g/mol. The SMILES string of the molecule is CCN(CC)c1nc(Cl)nc(NCC2CCOC2)n1. The Kier molecular flexibility index (Phi) is 5.15. The predicted molar refractivity (Wildman–Crippen MR) is 75.8 cm³/mol. The van der Waals surface area contributed by atoms with Gasteiger partial charge in [-0.05, 0) is 31.9 Å². The Hall–Kier alpha value is -1.14. The van der Waals surface area contributed by atoms with Crippen LogP contribution in [0.25, 0.3) is 0 Å². The third-order valence-corrected chi connectivity index (χ3v) is 3.38. The molecule has 0 saturated carbocycles. The highest BCUT2D eigenvalue weighted by molar-refractivity contribution is 6.28. The number of anilines is 2. The number of hydrogen-bond acceptors (Lipinski definition) is 6. The number of nitrogens with zero attached hydrogens (tertiary/aromatic N) is 4. The highest BCUT2D eigenvalue weighted by Crippen LogP contribution is 2.16. The summed E-state index contributed by atoms with van der Waals surface area (Å²) in [5.74, 6) is 1.68. The summed E-state index contributed by atoms with van der Waals surface area (Å²) in [7, 11) is 0. The second-order valence-electron chi connectivity index (χ2n) is 4.51. The standard InChI is InChI=1S/C12H20ClN5O/c1-3-18(4-2)12-16-10(13)15-11(17-12)14-7-9-5-6-19-8-9/h9H,3-8H2,1-2H3,(H,14,15,16,17). The van der Waals surface area contributed by atoms with E-state index in [1.54, 1.807) is 0 Å². The van der Waals surface area contributed by atoms with Crippen LogP contribution < -0.4 is 10.2 Å². The Morgan fingerprint density at radius 1 is 1.32 bits per heavy atom. The van der Waals surface area contributed by atoms with Crippen molar-refractivity contribution in [2.45, 2.75) is 20.3 Å². The Balaban J connectivity index is 2.03. The molecule has 7 heteroatoms. The van der Waals surface area contributed by atoms with E-state index in [0.717, 1.165) is 39.3 Å². The topological polar surface area (TPSA) is 63.2 Å². The molecular formula is C12H20ClN5O. The molecule has 1 atom stereocenters. The summed E-state index contributed by atoms with van der Waals surface area (Å²) in [4.78, 5) is 14.7. The second kappa shape index (κ2) is 6.86. The first-order valence-electron chi connectivity index (χ1n) is 6.71. The normalized spacial score (nSPS) is 18.6. The largest absolute Gasteiger partial charge is 0.381 e. The van der Waals surface area contributed by atoms with Crippen LogP contribution in [0.3, 0.4) is 0 Å². The van der Waals surface area contributed by atoms with Gasteiger partial charge in [-0.25, -0.2) is 0 Å². The lowest BCUT2D eigenvalue weighted by atomic mass is 10.1. The van der Waals surface area contributed by atoms with Crippen molar-refractivity contribution in [1.29, 1.82) is 0 Å². The van der Waals surface area contributed by atoms with Crippen LogP contribution in [-0.4, -0.2) is 47.8 Å². The van der Waals surface area contributed by atoms with Crippen LogP contribution in [-0.2, 0) is 4.74 Å². The van der Waals surface area contributed by atoms with Gasteiger partial charge in [-0.1, -0.05) is 0 Å². The minimum Gasteiger partial charge on any atom is -0.381 e. The van der Waals surface area contributed by atoms with Crippen molar-refractivity contribution in [3.63, 3.8) is 0 Å². The molecule has 1 saturated heterocycles. The van der Waals surface area contributed by atoms with E-state index in [1.165, 1.54) is 0 Å². The maximum absolute atomic E-state index is 5.95. The highest BCUT2D eigenvalue weighted by Gasteiger charge is 2.16. The van der Waals surface area contributed by atoms with Gasteiger partial charge in [-0.2, -0.15) is 15.0 Å². The van der Waals surface area contributed by atoms with Crippen LogP contribution in [0.2, 0.25) is 5.28 Å². The Morgan fingerprint density at radius 3 is 2.74 bits per heavy atom. The molecule has 1 N–H and O–H groups in total. The van der Waals surface area contributed by atoms with E-state index in [2.05, 4.69) is 34.1 Å². The molecule has 0 spiro atoms. The fraction of sp³-hybridized carbons (Fsp3) is 0.750. The molecular weight excluding hydrogens is 266 g/mol. The van der Waals surface area contributed by atoms with Gasteiger partial charge in [-0.3, -0.25) is 0 Å². The fourth-order valence-electron chi connectivity index (χ4n) is 2.05. The fourth-order valence-corrected chi connectivity index (χ4v) is 2.20. The van der Waals surface area contributed by atoms with Gasteiger partial charge < -0.3 is 15.0 Å². The molecule has 0 aliphatic carbocycles. The van der Waals surface area contributed by atoms with Gasteiger partial charge in [0, 0.05) is 32.2 Å². The number of hydrogen-bond donors (Lipinski definition) is 1. The lowest BCUT2D eigenvalue weighted by Crippen LogP contribution is -2.25. The quantitative estimate of drug-likeness (QED) is 0.860. The molecule has 0 amide bonds. The second-order valence-corrected chi connectivity index (χ2v) is 4.85. The Bertz CT molecular complexity index is 407. The van der Waals surface area contributed by atoms with Crippen LogP contribution in [0.15, 0.2) is 0 Å². The van der Waals surface area contributed by atoms with E-state index in [0.29, 0.717) is 17.8 Å². The monoisotopic (exact) mass is 285 g/mol. The van der Waals surface area contributed by atoms with Gasteiger partial charge in [-0.15, -0.1) is 0 Å². The molecule has 1 aliphatic rings.